The molecule has 0 aliphatic carbocycles. The van der Waals surface area contributed by atoms with Crippen LogP contribution in [0.5, 0.6) is 0 Å². The number of halogens is 2. The molecule has 2 N–H and O–H groups in total. The average molecular weight is 259 g/mol. The molecule has 6 heteroatoms. The summed E-state index contributed by atoms with van der Waals surface area (Å²) in [5, 5.41) is 8.64. The highest BCUT2D eigenvalue weighted by atomic mass is 79.9. The molecule has 4 nitrogen and oxygen atoms in total. The Morgan fingerprint density at radius 1 is 1.57 bits per heavy atom. The number of aromatic nitrogens is 2. The third-order valence-corrected chi connectivity index (χ3v) is 2.15. The number of carbonyl (C=O) groups is 1. The summed E-state index contributed by atoms with van der Waals surface area (Å²) in [6.45, 7) is 0. The van der Waals surface area contributed by atoms with E-state index in [1.807, 2.05) is 0 Å². The molecule has 0 fully saturated rings. The van der Waals surface area contributed by atoms with Gasteiger partial charge in [0.1, 0.15) is 5.82 Å². The Hall–Kier alpha value is -1.43. The minimum absolute atomic E-state index is 0.378. The highest BCUT2D eigenvalue weighted by Crippen LogP contribution is 2.19. The largest absolute Gasteiger partial charge is 0.478 e. The van der Waals surface area contributed by atoms with Gasteiger partial charge in [-0.1, -0.05) is 0 Å². The molecule has 0 aliphatic heterocycles. The van der Waals surface area contributed by atoms with Gasteiger partial charge in [0.2, 0.25) is 0 Å². The summed E-state index contributed by atoms with van der Waals surface area (Å²) in [5.41, 5.74) is 0.492. The zero-order chi connectivity index (χ0) is 10.3. The van der Waals surface area contributed by atoms with Crippen molar-refractivity contribution >= 4 is 32.9 Å². The topological polar surface area (TPSA) is 66.0 Å². The molecule has 0 saturated carbocycles. The number of aromatic carboxylic acids is 1. The Labute approximate surface area is 85.9 Å². The van der Waals surface area contributed by atoms with Gasteiger partial charge in [-0.25, -0.2) is 14.2 Å². The lowest BCUT2D eigenvalue weighted by molar-refractivity contribution is 0.0692. The maximum absolute atomic E-state index is 13.1. The van der Waals surface area contributed by atoms with E-state index in [1.54, 1.807) is 0 Å². The predicted molar refractivity (Wildman–Crippen MR) is 50.7 cm³/mol. The summed E-state index contributed by atoms with van der Waals surface area (Å²) in [4.78, 5) is 17.2. The third kappa shape index (κ3) is 1.37. The van der Waals surface area contributed by atoms with E-state index >= 15 is 0 Å². The van der Waals surface area contributed by atoms with Crippen LogP contribution in [-0.4, -0.2) is 21.0 Å². The smallest absolute Gasteiger partial charge is 0.338 e. The van der Waals surface area contributed by atoms with E-state index in [0.29, 0.717) is 15.8 Å². The fourth-order valence-electron chi connectivity index (χ4n) is 1.16. The number of rotatable bonds is 1. The molecule has 0 bridgehead atoms. The first-order valence-corrected chi connectivity index (χ1v) is 4.45. The van der Waals surface area contributed by atoms with Gasteiger partial charge in [0.25, 0.3) is 0 Å². The molecule has 0 unspecified atom stereocenters. The molecule has 0 spiro atoms. The predicted octanol–water partition coefficient (Wildman–Crippen LogP) is 2.16. The highest BCUT2D eigenvalue weighted by molar-refractivity contribution is 9.10. The standard InChI is InChI=1S/C8H4BrFN2O2/c9-8-11-5-1-3(7(13)14)4(10)2-6(5)12-8/h1-2H,(H,11,12)(H,13,14). The van der Waals surface area contributed by atoms with Crippen molar-refractivity contribution in [3.05, 3.63) is 28.2 Å². The van der Waals surface area contributed by atoms with E-state index in [1.165, 1.54) is 6.07 Å². The number of benzene rings is 1. The number of imidazole rings is 1. The van der Waals surface area contributed by atoms with Crippen LogP contribution in [0.3, 0.4) is 0 Å². The lowest BCUT2D eigenvalue weighted by Crippen LogP contribution is -1.99. The molecule has 1 heterocycles. The van der Waals surface area contributed by atoms with Crippen molar-refractivity contribution in [3.63, 3.8) is 0 Å². The van der Waals surface area contributed by atoms with Crippen molar-refractivity contribution in [1.82, 2.24) is 9.97 Å². The number of H-pyrrole nitrogens is 1. The molecule has 2 rings (SSSR count). The van der Waals surface area contributed by atoms with E-state index in [2.05, 4.69) is 25.9 Å². The van der Waals surface area contributed by atoms with Crippen LogP contribution in [-0.2, 0) is 0 Å². The lowest BCUT2D eigenvalue weighted by Gasteiger charge is -1.95. The molecule has 0 radical (unpaired) electrons. The van der Waals surface area contributed by atoms with Gasteiger partial charge in [0.15, 0.2) is 4.73 Å². The molecule has 14 heavy (non-hydrogen) atoms. The summed E-state index contributed by atoms with van der Waals surface area (Å²) < 4.78 is 13.6. The van der Waals surface area contributed by atoms with Gasteiger partial charge in [-0.3, -0.25) is 0 Å². The maximum atomic E-state index is 13.1. The summed E-state index contributed by atoms with van der Waals surface area (Å²) in [7, 11) is 0. The summed E-state index contributed by atoms with van der Waals surface area (Å²) in [6.07, 6.45) is 0. The van der Waals surface area contributed by atoms with Crippen LogP contribution in [0, 0.1) is 5.82 Å². The van der Waals surface area contributed by atoms with E-state index in [-0.39, 0.29) is 5.56 Å². The molecule has 0 aliphatic rings. The molecule has 72 valence electrons. The Bertz CT molecular complexity index is 523. The third-order valence-electron chi connectivity index (χ3n) is 1.77. The second kappa shape index (κ2) is 3.06. The number of hydrogen-bond donors (Lipinski definition) is 2. The first-order chi connectivity index (χ1) is 6.58. The number of nitrogens with zero attached hydrogens (tertiary/aromatic N) is 1. The van der Waals surface area contributed by atoms with Crippen LogP contribution in [0.4, 0.5) is 4.39 Å². The minimum Gasteiger partial charge on any atom is -0.478 e. The molecule has 0 amide bonds. The molecule has 0 atom stereocenters. The van der Waals surface area contributed by atoms with E-state index in [9.17, 15) is 9.18 Å². The van der Waals surface area contributed by atoms with E-state index < -0.39 is 11.8 Å². The molecule has 0 saturated heterocycles. The van der Waals surface area contributed by atoms with Crippen molar-refractivity contribution in [3.8, 4) is 0 Å². The zero-order valence-electron chi connectivity index (χ0n) is 6.71. The first-order valence-electron chi connectivity index (χ1n) is 3.66. The van der Waals surface area contributed by atoms with Gasteiger partial charge < -0.3 is 10.1 Å². The van der Waals surface area contributed by atoms with Gasteiger partial charge in [0, 0.05) is 6.07 Å². The molecule has 2 aromatic rings. The SMILES string of the molecule is O=C(O)c1cc2nc(Br)[nH]c2cc1F. The number of aromatic amines is 1. The quantitative estimate of drug-likeness (QED) is 0.824. The molecule has 1 aromatic heterocycles. The Kier molecular flexibility index (Phi) is 1.99. The Balaban J connectivity index is 2.76. The summed E-state index contributed by atoms with van der Waals surface area (Å²) in [6, 6.07) is 2.30. The first kappa shape index (κ1) is 9.14. The molecular weight excluding hydrogens is 255 g/mol. The second-order valence-corrected chi connectivity index (χ2v) is 3.43. The van der Waals surface area contributed by atoms with Gasteiger partial charge in [-0.2, -0.15) is 0 Å². The van der Waals surface area contributed by atoms with Gasteiger partial charge in [-0.05, 0) is 22.0 Å². The number of carboxylic acids is 1. The Morgan fingerprint density at radius 3 is 2.93 bits per heavy atom. The number of carboxylic acid groups (broad SMARTS) is 1. The number of nitrogens with one attached hydrogen (secondary N) is 1. The van der Waals surface area contributed by atoms with Gasteiger partial charge in [0.05, 0.1) is 16.6 Å². The van der Waals surface area contributed by atoms with Crippen molar-refractivity contribution in [2.75, 3.05) is 0 Å². The minimum atomic E-state index is -1.30. The van der Waals surface area contributed by atoms with Crippen LogP contribution in [0.25, 0.3) is 11.0 Å². The number of hydrogen-bond acceptors (Lipinski definition) is 2. The Morgan fingerprint density at radius 2 is 2.29 bits per heavy atom. The molecule has 1 aromatic carbocycles. The normalized spacial score (nSPS) is 10.7. The van der Waals surface area contributed by atoms with Crippen molar-refractivity contribution in [2.24, 2.45) is 0 Å². The van der Waals surface area contributed by atoms with Crippen LogP contribution >= 0.6 is 15.9 Å². The van der Waals surface area contributed by atoms with Gasteiger partial charge >= 0.3 is 5.97 Å². The van der Waals surface area contributed by atoms with E-state index in [4.69, 9.17) is 5.11 Å². The molecular formula is C8H4BrFN2O2. The highest BCUT2D eigenvalue weighted by Gasteiger charge is 2.13. The van der Waals surface area contributed by atoms with Gasteiger partial charge in [-0.15, -0.1) is 0 Å². The fourth-order valence-corrected chi connectivity index (χ4v) is 1.57. The number of fused-ring (bicyclic) bond motifs is 1. The van der Waals surface area contributed by atoms with Crippen LogP contribution in [0.2, 0.25) is 0 Å². The van der Waals surface area contributed by atoms with Crippen LogP contribution in [0.15, 0.2) is 16.9 Å². The average Bonchev–Trinajstić information content (AvgIpc) is 2.42. The van der Waals surface area contributed by atoms with Crippen LogP contribution in [0.1, 0.15) is 10.4 Å². The zero-order valence-corrected chi connectivity index (χ0v) is 8.30. The summed E-state index contributed by atoms with van der Waals surface area (Å²) in [5.74, 6) is -2.08. The van der Waals surface area contributed by atoms with Crippen LogP contribution < -0.4 is 0 Å². The van der Waals surface area contributed by atoms with E-state index in [0.717, 1.165) is 6.07 Å². The van der Waals surface area contributed by atoms with Crippen molar-refractivity contribution in [2.45, 2.75) is 0 Å². The summed E-state index contributed by atoms with van der Waals surface area (Å²) >= 11 is 3.07. The fraction of sp³-hybridized carbons (Fsp3) is 0. The monoisotopic (exact) mass is 258 g/mol. The maximum Gasteiger partial charge on any atom is 0.338 e. The van der Waals surface area contributed by atoms with Crippen molar-refractivity contribution in [1.29, 1.82) is 0 Å². The second-order valence-electron chi connectivity index (χ2n) is 2.68. The lowest BCUT2D eigenvalue weighted by atomic mass is 10.2. The van der Waals surface area contributed by atoms with Crippen molar-refractivity contribution < 1.29 is 14.3 Å².